The highest BCUT2D eigenvalue weighted by Crippen LogP contribution is 2.23. The van der Waals surface area contributed by atoms with Crippen molar-refractivity contribution in [1.82, 2.24) is 4.90 Å². The van der Waals surface area contributed by atoms with E-state index in [1.54, 1.807) is 24.3 Å². The number of carboxylic acids is 1. The van der Waals surface area contributed by atoms with E-state index in [1.165, 1.54) is 0 Å². The zero-order valence-electron chi connectivity index (χ0n) is 18.2. The summed E-state index contributed by atoms with van der Waals surface area (Å²) in [5.41, 5.74) is 1.93. The number of likely N-dealkylation sites (tertiary alicyclic amines) is 1. The fraction of sp³-hybridized carbons (Fsp3) is 0.231. The Hall–Kier alpha value is -3.84. The van der Waals surface area contributed by atoms with Crippen LogP contribution in [0.1, 0.15) is 23.2 Å². The normalized spacial score (nSPS) is 14.4. The van der Waals surface area contributed by atoms with Gasteiger partial charge in [-0.1, -0.05) is 18.2 Å². The number of amides is 1. The Bertz CT molecular complexity index is 1060. The molecule has 7 nitrogen and oxygen atoms in total. The molecule has 1 fully saturated rings. The van der Waals surface area contributed by atoms with Crippen molar-refractivity contribution < 1.29 is 19.4 Å². The van der Waals surface area contributed by atoms with Crippen molar-refractivity contribution >= 4 is 23.3 Å². The molecule has 1 aliphatic heterocycles. The van der Waals surface area contributed by atoms with Gasteiger partial charge in [0.05, 0.1) is 12.1 Å². The first-order valence-electron chi connectivity index (χ1n) is 11.0. The highest BCUT2D eigenvalue weighted by atomic mass is 16.5. The second-order valence-electron chi connectivity index (χ2n) is 8.06. The van der Waals surface area contributed by atoms with Gasteiger partial charge in [-0.25, -0.2) is 4.79 Å². The van der Waals surface area contributed by atoms with Crippen molar-refractivity contribution in [3.05, 3.63) is 84.4 Å². The molecule has 3 aromatic carbocycles. The average Bonchev–Trinajstić information content (AvgIpc) is 2.83. The Morgan fingerprint density at radius 1 is 0.848 bits per heavy atom. The van der Waals surface area contributed by atoms with Crippen LogP contribution in [-0.4, -0.2) is 47.6 Å². The van der Waals surface area contributed by atoms with E-state index < -0.39 is 5.97 Å². The van der Waals surface area contributed by atoms with Gasteiger partial charge < -0.3 is 20.5 Å². The number of aromatic carboxylic acids is 1. The van der Waals surface area contributed by atoms with Gasteiger partial charge in [-0.2, -0.15) is 0 Å². The van der Waals surface area contributed by atoms with Gasteiger partial charge in [-0.3, -0.25) is 9.69 Å². The number of anilines is 2. The minimum atomic E-state index is -0.926. The van der Waals surface area contributed by atoms with Crippen LogP contribution in [0.15, 0.2) is 78.9 Å². The van der Waals surface area contributed by atoms with Gasteiger partial charge in [0.25, 0.3) is 0 Å². The molecule has 0 radical (unpaired) electrons. The predicted molar refractivity (Wildman–Crippen MR) is 128 cm³/mol. The van der Waals surface area contributed by atoms with E-state index in [-0.39, 0.29) is 11.5 Å². The summed E-state index contributed by atoms with van der Waals surface area (Å²) in [6, 6.07) is 24.0. The zero-order chi connectivity index (χ0) is 23.0. The van der Waals surface area contributed by atoms with Crippen LogP contribution in [0.4, 0.5) is 11.4 Å². The summed E-state index contributed by atoms with van der Waals surface area (Å²) >= 11 is 0. The molecule has 4 rings (SSSR count). The Morgan fingerprint density at radius 3 is 2.09 bits per heavy atom. The van der Waals surface area contributed by atoms with Gasteiger partial charge in [-0.15, -0.1) is 0 Å². The second-order valence-corrected chi connectivity index (χ2v) is 8.06. The number of carbonyl (C=O) groups is 2. The third-order valence-corrected chi connectivity index (χ3v) is 5.57. The fourth-order valence-electron chi connectivity index (χ4n) is 3.81. The largest absolute Gasteiger partial charge is 0.478 e. The lowest BCUT2D eigenvalue weighted by molar-refractivity contribution is -0.117. The number of benzene rings is 3. The smallest absolute Gasteiger partial charge is 0.335 e. The highest BCUT2D eigenvalue weighted by molar-refractivity contribution is 5.92. The number of carbonyl (C=O) groups excluding carboxylic acids is 1. The van der Waals surface area contributed by atoms with Gasteiger partial charge in [0, 0.05) is 30.5 Å². The van der Waals surface area contributed by atoms with E-state index in [1.807, 2.05) is 54.6 Å². The minimum Gasteiger partial charge on any atom is -0.478 e. The lowest BCUT2D eigenvalue weighted by atomic mass is 10.0. The van der Waals surface area contributed by atoms with Gasteiger partial charge in [0.2, 0.25) is 5.91 Å². The number of rotatable bonds is 8. The van der Waals surface area contributed by atoms with Crippen LogP contribution in [-0.2, 0) is 4.79 Å². The molecule has 0 aliphatic carbocycles. The Balaban J connectivity index is 1.19. The summed E-state index contributed by atoms with van der Waals surface area (Å²) in [5.74, 6) is 0.516. The first-order valence-corrected chi connectivity index (χ1v) is 11.0. The number of para-hydroxylation sites is 1. The fourth-order valence-corrected chi connectivity index (χ4v) is 3.81. The summed E-state index contributed by atoms with van der Waals surface area (Å²) in [4.78, 5) is 25.6. The Labute approximate surface area is 193 Å². The van der Waals surface area contributed by atoms with E-state index in [2.05, 4.69) is 15.5 Å². The SMILES string of the molecule is O=C(CN1CCC(Nc2ccc(C(=O)O)cc2)CC1)Nc1ccc(Oc2ccccc2)cc1. The summed E-state index contributed by atoms with van der Waals surface area (Å²) in [5, 5.41) is 15.4. The molecule has 1 aliphatic rings. The van der Waals surface area contributed by atoms with Crippen LogP contribution in [0.2, 0.25) is 0 Å². The Kier molecular flexibility index (Phi) is 7.22. The quantitative estimate of drug-likeness (QED) is 0.466. The molecule has 1 heterocycles. The molecule has 0 aromatic heterocycles. The van der Waals surface area contributed by atoms with Crippen molar-refractivity contribution in [2.45, 2.75) is 18.9 Å². The van der Waals surface area contributed by atoms with Crippen molar-refractivity contribution in [2.24, 2.45) is 0 Å². The third kappa shape index (κ3) is 6.57. The summed E-state index contributed by atoms with van der Waals surface area (Å²) in [7, 11) is 0. The monoisotopic (exact) mass is 445 g/mol. The molecule has 0 spiro atoms. The number of nitrogens with one attached hydrogen (secondary N) is 2. The van der Waals surface area contributed by atoms with Crippen LogP contribution in [0.5, 0.6) is 11.5 Å². The van der Waals surface area contributed by atoms with Crippen molar-refractivity contribution in [2.75, 3.05) is 30.3 Å². The summed E-state index contributed by atoms with van der Waals surface area (Å²) in [6.45, 7) is 1.99. The molecule has 3 aromatic rings. The molecule has 0 unspecified atom stereocenters. The molecule has 170 valence electrons. The standard InChI is InChI=1S/C26H27N3O4/c30-25(28-21-10-12-24(13-11-21)33-23-4-2-1-3-5-23)18-29-16-14-22(15-17-29)27-20-8-6-19(7-9-20)26(31)32/h1-13,22,27H,14-18H2,(H,28,30)(H,31,32). The number of hydrogen-bond acceptors (Lipinski definition) is 5. The van der Waals surface area contributed by atoms with E-state index in [0.29, 0.717) is 18.3 Å². The van der Waals surface area contributed by atoms with Crippen molar-refractivity contribution in [3.63, 3.8) is 0 Å². The minimum absolute atomic E-state index is 0.0394. The molecule has 0 bridgehead atoms. The number of piperidine rings is 1. The van der Waals surface area contributed by atoms with Gasteiger partial charge in [-0.05, 0) is 73.5 Å². The van der Waals surface area contributed by atoms with Crippen LogP contribution in [0.25, 0.3) is 0 Å². The molecule has 0 atom stereocenters. The number of nitrogens with zero attached hydrogens (tertiary/aromatic N) is 1. The maximum Gasteiger partial charge on any atom is 0.335 e. The third-order valence-electron chi connectivity index (χ3n) is 5.57. The topological polar surface area (TPSA) is 90.9 Å². The lowest BCUT2D eigenvalue weighted by Crippen LogP contribution is -2.42. The van der Waals surface area contributed by atoms with E-state index in [9.17, 15) is 9.59 Å². The average molecular weight is 446 g/mol. The van der Waals surface area contributed by atoms with Crippen LogP contribution in [0, 0.1) is 0 Å². The van der Waals surface area contributed by atoms with Gasteiger partial charge in [0.1, 0.15) is 11.5 Å². The zero-order valence-corrected chi connectivity index (χ0v) is 18.2. The second kappa shape index (κ2) is 10.7. The first-order chi connectivity index (χ1) is 16.0. The van der Waals surface area contributed by atoms with Crippen LogP contribution >= 0.6 is 0 Å². The maximum atomic E-state index is 12.5. The summed E-state index contributed by atoms with van der Waals surface area (Å²) in [6.07, 6.45) is 1.83. The number of carboxylic acid groups (broad SMARTS) is 1. The molecule has 1 amide bonds. The molecule has 0 saturated carbocycles. The van der Waals surface area contributed by atoms with Crippen LogP contribution < -0.4 is 15.4 Å². The Morgan fingerprint density at radius 2 is 1.45 bits per heavy atom. The molecule has 3 N–H and O–H groups in total. The van der Waals surface area contributed by atoms with Crippen molar-refractivity contribution in [3.8, 4) is 11.5 Å². The number of ether oxygens (including phenoxy) is 1. The number of hydrogen-bond donors (Lipinski definition) is 3. The lowest BCUT2D eigenvalue weighted by Gasteiger charge is -2.32. The molecule has 1 saturated heterocycles. The first kappa shape index (κ1) is 22.4. The molecule has 7 heteroatoms. The highest BCUT2D eigenvalue weighted by Gasteiger charge is 2.21. The van der Waals surface area contributed by atoms with E-state index >= 15 is 0 Å². The van der Waals surface area contributed by atoms with Crippen LogP contribution in [0.3, 0.4) is 0 Å². The maximum absolute atomic E-state index is 12.5. The molecular weight excluding hydrogens is 418 g/mol. The van der Waals surface area contributed by atoms with Gasteiger partial charge >= 0.3 is 5.97 Å². The van der Waals surface area contributed by atoms with Gasteiger partial charge in [0.15, 0.2) is 0 Å². The summed E-state index contributed by atoms with van der Waals surface area (Å²) < 4.78 is 5.78. The van der Waals surface area contributed by atoms with E-state index in [4.69, 9.17) is 9.84 Å². The van der Waals surface area contributed by atoms with E-state index in [0.717, 1.165) is 43.1 Å². The molecular formula is C26H27N3O4. The molecule has 33 heavy (non-hydrogen) atoms. The predicted octanol–water partition coefficient (Wildman–Crippen LogP) is 4.69. The van der Waals surface area contributed by atoms with Crippen molar-refractivity contribution in [1.29, 1.82) is 0 Å².